The van der Waals surface area contributed by atoms with E-state index in [1.807, 2.05) is 0 Å². The Balaban J connectivity index is 2.44. The molecule has 1 heterocycles. The number of aliphatic carboxylic acids is 1. The molecule has 158 valence electrons. The first-order chi connectivity index (χ1) is 13.7. The third kappa shape index (κ3) is 5.48. The maximum atomic E-state index is 14.5. The van der Waals surface area contributed by atoms with Gasteiger partial charge in [0.15, 0.2) is 0 Å². The fourth-order valence-electron chi connectivity index (χ4n) is 2.28. The molecule has 1 N–H and O–H groups in total. The average Bonchev–Trinajstić information content (AvgIpc) is 2.95. The van der Waals surface area contributed by atoms with E-state index in [2.05, 4.69) is 9.84 Å². The van der Waals surface area contributed by atoms with Crippen LogP contribution in [0.25, 0.3) is 11.3 Å². The first kappa shape index (κ1) is 22.7. The largest absolute Gasteiger partial charge is 0.497 e. The standard InChI is InChI=1S/C17H15Cl2F3N2O5/c1-3-24-16(29-17(21)22)14(19)15(23-24)9-5-12(10(18)6-11(9)20)28-7-8(27-2)4-13(25)26/h4-6,17H,3,7H2,1-2H3,(H,25,26)/b8-4+. The van der Waals surface area contributed by atoms with E-state index >= 15 is 0 Å². The third-order valence-corrected chi connectivity index (χ3v) is 4.18. The number of alkyl halides is 2. The van der Waals surface area contributed by atoms with Crippen molar-refractivity contribution in [2.45, 2.75) is 20.1 Å². The minimum atomic E-state index is -3.15. The van der Waals surface area contributed by atoms with Gasteiger partial charge in [0.2, 0.25) is 5.88 Å². The molecule has 0 aliphatic heterocycles. The molecule has 0 atom stereocenters. The van der Waals surface area contributed by atoms with Gasteiger partial charge in [-0.15, -0.1) is 0 Å². The number of aryl methyl sites for hydroxylation is 1. The summed E-state index contributed by atoms with van der Waals surface area (Å²) < 4.78 is 55.4. The molecule has 0 saturated carbocycles. The van der Waals surface area contributed by atoms with E-state index in [9.17, 15) is 18.0 Å². The van der Waals surface area contributed by atoms with Crippen LogP contribution in [0.3, 0.4) is 0 Å². The lowest BCUT2D eigenvalue weighted by Crippen LogP contribution is -2.08. The second kappa shape index (κ2) is 9.75. The minimum absolute atomic E-state index is 0.0274. The maximum absolute atomic E-state index is 14.5. The SMILES string of the molecule is CCn1nc(-c2cc(OC/C(=C\C(=O)O)OC)c(Cl)cc2F)c(Cl)c1OC(F)F. The number of hydrogen-bond donors (Lipinski definition) is 1. The molecule has 12 heteroatoms. The van der Waals surface area contributed by atoms with Crippen LogP contribution in [-0.4, -0.2) is 41.2 Å². The Morgan fingerprint density at radius 3 is 2.62 bits per heavy atom. The summed E-state index contributed by atoms with van der Waals surface area (Å²) in [4.78, 5) is 10.7. The van der Waals surface area contributed by atoms with Crippen molar-refractivity contribution < 1.29 is 37.3 Å². The molecule has 0 saturated heterocycles. The predicted molar refractivity (Wildman–Crippen MR) is 98.2 cm³/mol. The molecule has 0 fully saturated rings. The summed E-state index contributed by atoms with van der Waals surface area (Å²) in [5.74, 6) is -2.56. The number of ether oxygens (including phenoxy) is 3. The number of rotatable bonds is 9. The average molecular weight is 455 g/mol. The molecule has 2 aromatic rings. The van der Waals surface area contributed by atoms with Crippen LogP contribution in [0.2, 0.25) is 10.0 Å². The van der Waals surface area contributed by atoms with Crippen LogP contribution in [-0.2, 0) is 16.1 Å². The van der Waals surface area contributed by atoms with E-state index < -0.39 is 24.3 Å². The highest BCUT2D eigenvalue weighted by atomic mass is 35.5. The Morgan fingerprint density at radius 2 is 2.07 bits per heavy atom. The van der Waals surface area contributed by atoms with Crippen molar-refractivity contribution in [2.24, 2.45) is 0 Å². The number of nitrogens with zero attached hydrogens (tertiary/aromatic N) is 2. The topological polar surface area (TPSA) is 82.8 Å². The van der Waals surface area contributed by atoms with Crippen LogP contribution in [0, 0.1) is 5.82 Å². The van der Waals surface area contributed by atoms with E-state index in [1.165, 1.54) is 7.11 Å². The fraction of sp³-hybridized carbons (Fsp3) is 0.294. The van der Waals surface area contributed by atoms with Crippen LogP contribution in [0.5, 0.6) is 11.6 Å². The molecule has 0 radical (unpaired) electrons. The van der Waals surface area contributed by atoms with Gasteiger partial charge in [-0.3, -0.25) is 0 Å². The zero-order valence-corrected chi connectivity index (χ0v) is 16.6. The van der Waals surface area contributed by atoms with Crippen molar-refractivity contribution >= 4 is 29.2 Å². The lowest BCUT2D eigenvalue weighted by Gasteiger charge is -2.11. The molecule has 0 unspecified atom stereocenters. The lowest BCUT2D eigenvalue weighted by molar-refractivity contribution is -0.131. The highest BCUT2D eigenvalue weighted by molar-refractivity contribution is 6.34. The Hall–Kier alpha value is -2.59. The van der Waals surface area contributed by atoms with Gasteiger partial charge < -0.3 is 19.3 Å². The van der Waals surface area contributed by atoms with Crippen molar-refractivity contribution in [1.29, 1.82) is 0 Å². The van der Waals surface area contributed by atoms with E-state index in [-0.39, 0.29) is 46.0 Å². The predicted octanol–water partition coefficient (Wildman–Crippen LogP) is 4.61. The van der Waals surface area contributed by atoms with Crippen LogP contribution < -0.4 is 9.47 Å². The van der Waals surface area contributed by atoms with E-state index in [4.69, 9.17) is 37.8 Å². The number of carbonyl (C=O) groups is 1. The summed E-state index contributed by atoms with van der Waals surface area (Å²) in [6.07, 6.45) is 0.784. The van der Waals surface area contributed by atoms with Crippen LogP contribution in [0.15, 0.2) is 24.0 Å². The first-order valence-electron chi connectivity index (χ1n) is 7.98. The van der Waals surface area contributed by atoms with Crippen molar-refractivity contribution in [3.8, 4) is 22.9 Å². The van der Waals surface area contributed by atoms with Gasteiger partial charge in [0.05, 0.1) is 18.2 Å². The minimum Gasteiger partial charge on any atom is -0.497 e. The van der Waals surface area contributed by atoms with Crippen LogP contribution in [0.4, 0.5) is 13.2 Å². The number of benzene rings is 1. The Bertz CT molecular complexity index is 934. The number of halogens is 5. The summed E-state index contributed by atoms with van der Waals surface area (Å²) in [6, 6.07) is 2.08. The Kier molecular flexibility index (Phi) is 7.63. The molecule has 29 heavy (non-hydrogen) atoms. The Labute approximate surface area is 173 Å². The molecule has 0 amide bonds. The van der Waals surface area contributed by atoms with Gasteiger partial charge in [0.1, 0.15) is 34.6 Å². The third-order valence-electron chi connectivity index (χ3n) is 3.54. The summed E-state index contributed by atoms with van der Waals surface area (Å²) in [5.41, 5.74) is -0.335. The maximum Gasteiger partial charge on any atom is 0.388 e. The number of carboxylic acid groups (broad SMARTS) is 1. The summed E-state index contributed by atoms with van der Waals surface area (Å²) in [6.45, 7) is -1.72. The van der Waals surface area contributed by atoms with Gasteiger partial charge in [0, 0.05) is 12.1 Å². The first-order valence-corrected chi connectivity index (χ1v) is 8.74. The monoisotopic (exact) mass is 454 g/mol. The summed E-state index contributed by atoms with van der Waals surface area (Å²) in [7, 11) is 1.25. The van der Waals surface area contributed by atoms with E-state index in [0.717, 1.165) is 22.9 Å². The zero-order chi connectivity index (χ0) is 21.7. The molecule has 2 rings (SSSR count). The van der Waals surface area contributed by atoms with Crippen molar-refractivity contribution in [1.82, 2.24) is 9.78 Å². The van der Waals surface area contributed by atoms with Gasteiger partial charge in [0.25, 0.3) is 0 Å². The normalized spacial score (nSPS) is 11.7. The van der Waals surface area contributed by atoms with Gasteiger partial charge in [-0.25, -0.2) is 13.9 Å². The quantitative estimate of drug-likeness (QED) is 0.439. The van der Waals surface area contributed by atoms with Crippen molar-refractivity contribution in [3.63, 3.8) is 0 Å². The van der Waals surface area contributed by atoms with Crippen molar-refractivity contribution in [3.05, 3.63) is 39.8 Å². The second-order valence-corrected chi connectivity index (χ2v) is 6.15. The van der Waals surface area contributed by atoms with Gasteiger partial charge >= 0.3 is 12.6 Å². The Morgan fingerprint density at radius 1 is 1.38 bits per heavy atom. The van der Waals surface area contributed by atoms with Crippen LogP contribution >= 0.6 is 23.2 Å². The molecule has 0 spiro atoms. The van der Waals surface area contributed by atoms with Gasteiger partial charge in [-0.2, -0.15) is 13.9 Å². The summed E-state index contributed by atoms with van der Waals surface area (Å²) >= 11 is 12.1. The van der Waals surface area contributed by atoms with Gasteiger partial charge in [-0.1, -0.05) is 23.2 Å². The molecule has 0 bridgehead atoms. The number of aromatic nitrogens is 2. The second-order valence-electron chi connectivity index (χ2n) is 5.37. The molecule has 7 nitrogen and oxygen atoms in total. The van der Waals surface area contributed by atoms with E-state index in [0.29, 0.717) is 0 Å². The molecule has 0 aliphatic rings. The summed E-state index contributed by atoms with van der Waals surface area (Å²) in [5, 5.41) is 12.3. The smallest absolute Gasteiger partial charge is 0.388 e. The highest BCUT2D eigenvalue weighted by Gasteiger charge is 2.24. The van der Waals surface area contributed by atoms with Gasteiger partial charge in [-0.05, 0) is 19.1 Å². The molecule has 0 aliphatic carbocycles. The highest BCUT2D eigenvalue weighted by Crippen LogP contribution is 2.40. The van der Waals surface area contributed by atoms with Crippen molar-refractivity contribution in [2.75, 3.05) is 13.7 Å². The molecule has 1 aromatic heterocycles. The number of methoxy groups -OCH3 is 1. The number of carboxylic acids is 1. The number of hydrogen-bond acceptors (Lipinski definition) is 5. The van der Waals surface area contributed by atoms with Crippen LogP contribution in [0.1, 0.15) is 6.92 Å². The van der Waals surface area contributed by atoms with E-state index in [1.54, 1.807) is 6.92 Å². The zero-order valence-electron chi connectivity index (χ0n) is 15.1. The fourth-order valence-corrected chi connectivity index (χ4v) is 2.76. The molecule has 1 aromatic carbocycles. The molecular formula is C17H15Cl2F3N2O5. The molecular weight excluding hydrogens is 440 g/mol. The lowest BCUT2D eigenvalue weighted by atomic mass is 10.1.